The molecule has 152 valence electrons. The van der Waals surface area contributed by atoms with Gasteiger partial charge in [-0.1, -0.05) is 59.3 Å². The summed E-state index contributed by atoms with van der Waals surface area (Å²) in [7, 11) is 3.22. The van der Waals surface area contributed by atoms with Crippen molar-refractivity contribution in [2.24, 2.45) is 0 Å². The maximum Gasteiger partial charge on any atom is 0.265 e. The fraction of sp³-hybridized carbons (Fsp3) is 0.200. The van der Waals surface area contributed by atoms with Gasteiger partial charge in [-0.15, -0.1) is 0 Å². The number of thiocarbonyl (C=S) groups is 1. The molecule has 2 aromatic rings. The molecule has 2 aromatic carbocycles. The van der Waals surface area contributed by atoms with Gasteiger partial charge in [0.25, 0.3) is 5.91 Å². The van der Waals surface area contributed by atoms with Gasteiger partial charge in [-0.3, -0.25) is 9.69 Å². The predicted molar refractivity (Wildman–Crippen MR) is 121 cm³/mol. The molecule has 1 aliphatic rings. The molecular weight excluding hydrogens is 453 g/mol. The zero-order chi connectivity index (χ0) is 21.0. The molecule has 0 saturated carbocycles. The lowest BCUT2D eigenvalue weighted by molar-refractivity contribution is -0.121. The lowest BCUT2D eigenvalue weighted by Crippen LogP contribution is -2.22. The number of hydrogen-bond donors (Lipinski definition) is 0. The number of benzene rings is 2. The summed E-state index contributed by atoms with van der Waals surface area (Å²) in [5.41, 5.74) is 0.687. The van der Waals surface area contributed by atoms with E-state index < -0.39 is 0 Å². The quantitative estimate of drug-likeness (QED) is 0.311. The predicted octanol–water partition coefficient (Wildman–Crippen LogP) is 5.29. The summed E-state index contributed by atoms with van der Waals surface area (Å²) in [6.07, 6.45) is 1.70. The van der Waals surface area contributed by atoms with Crippen molar-refractivity contribution in [2.45, 2.75) is 0 Å². The number of thioether (sulfide) groups is 1. The minimum atomic E-state index is -0.152. The van der Waals surface area contributed by atoms with Crippen LogP contribution < -0.4 is 14.2 Å². The van der Waals surface area contributed by atoms with Crippen LogP contribution in [0.2, 0.25) is 10.0 Å². The Hall–Kier alpha value is -1.93. The molecular formula is C20H17Cl2NO4S2. The number of carbonyl (C=O) groups is 1. The Labute approximate surface area is 188 Å². The van der Waals surface area contributed by atoms with Crippen molar-refractivity contribution in [1.82, 2.24) is 4.90 Å². The molecule has 0 spiro atoms. The first-order chi connectivity index (χ1) is 13.9. The molecule has 1 fully saturated rings. The summed E-state index contributed by atoms with van der Waals surface area (Å²) >= 11 is 19.0. The van der Waals surface area contributed by atoms with Gasteiger partial charge in [0.05, 0.1) is 22.1 Å². The van der Waals surface area contributed by atoms with E-state index >= 15 is 0 Å². The van der Waals surface area contributed by atoms with Gasteiger partial charge < -0.3 is 14.2 Å². The number of nitrogens with zero attached hydrogens (tertiary/aromatic N) is 1. The molecule has 1 amide bonds. The highest BCUT2D eigenvalue weighted by atomic mass is 35.5. The summed E-state index contributed by atoms with van der Waals surface area (Å²) in [5.74, 6) is 1.48. The minimum absolute atomic E-state index is 0.152. The first-order valence-electron chi connectivity index (χ1n) is 8.50. The Morgan fingerprint density at radius 2 is 1.72 bits per heavy atom. The lowest BCUT2D eigenvalue weighted by atomic mass is 10.2. The van der Waals surface area contributed by atoms with Crippen molar-refractivity contribution in [2.75, 3.05) is 27.4 Å². The van der Waals surface area contributed by atoms with E-state index in [0.717, 1.165) is 0 Å². The Balaban J connectivity index is 1.64. The third-order valence-corrected chi connectivity index (χ3v) is 6.01. The zero-order valence-corrected chi connectivity index (χ0v) is 18.8. The second-order valence-corrected chi connectivity index (χ2v) is 8.39. The van der Waals surface area contributed by atoms with Crippen LogP contribution in [0.15, 0.2) is 41.3 Å². The van der Waals surface area contributed by atoms with E-state index in [1.165, 1.54) is 16.7 Å². The molecule has 29 heavy (non-hydrogen) atoms. The number of rotatable bonds is 7. The van der Waals surface area contributed by atoms with Gasteiger partial charge in [0, 0.05) is 7.05 Å². The molecule has 1 aliphatic heterocycles. The average Bonchev–Trinajstić information content (AvgIpc) is 2.93. The normalized spacial score (nSPS) is 15.2. The van der Waals surface area contributed by atoms with Gasteiger partial charge in [-0.05, 0) is 35.9 Å². The molecule has 0 radical (unpaired) electrons. The van der Waals surface area contributed by atoms with Crippen molar-refractivity contribution in [3.8, 4) is 17.2 Å². The van der Waals surface area contributed by atoms with Crippen LogP contribution in [-0.2, 0) is 4.79 Å². The number of amides is 1. The summed E-state index contributed by atoms with van der Waals surface area (Å²) in [4.78, 5) is 14.1. The topological polar surface area (TPSA) is 48.0 Å². The van der Waals surface area contributed by atoms with E-state index in [9.17, 15) is 4.79 Å². The molecule has 0 aliphatic carbocycles. The summed E-state index contributed by atoms with van der Waals surface area (Å²) in [6, 6.07) is 10.7. The molecule has 0 unspecified atom stereocenters. The largest absolute Gasteiger partial charge is 0.493 e. The van der Waals surface area contributed by atoms with E-state index in [1.807, 2.05) is 24.3 Å². The highest BCUT2D eigenvalue weighted by molar-refractivity contribution is 8.26. The number of hydrogen-bond acceptors (Lipinski definition) is 6. The van der Waals surface area contributed by atoms with Crippen molar-refractivity contribution < 1.29 is 19.0 Å². The lowest BCUT2D eigenvalue weighted by Gasteiger charge is -2.13. The van der Waals surface area contributed by atoms with Crippen molar-refractivity contribution in [1.29, 1.82) is 0 Å². The van der Waals surface area contributed by atoms with E-state index in [0.29, 0.717) is 42.1 Å². The van der Waals surface area contributed by atoms with E-state index in [4.69, 9.17) is 49.6 Å². The standard InChI is InChI=1S/C20H17Cl2NO4S2/c1-23-19(24)17(29-20(23)28)11-12-9-13(21)18(14(22)10-12)27-8-7-26-16-6-4-3-5-15(16)25-2/h3-6,9-11H,7-8H2,1-2H3/b17-11-. The van der Waals surface area contributed by atoms with Crippen LogP contribution in [0.25, 0.3) is 6.08 Å². The van der Waals surface area contributed by atoms with Crippen LogP contribution in [-0.4, -0.2) is 42.5 Å². The van der Waals surface area contributed by atoms with Crippen LogP contribution in [0.1, 0.15) is 5.56 Å². The summed E-state index contributed by atoms with van der Waals surface area (Å²) in [6.45, 7) is 0.527. The number of halogens is 2. The molecule has 1 heterocycles. The van der Waals surface area contributed by atoms with Gasteiger partial charge in [0.2, 0.25) is 0 Å². The minimum Gasteiger partial charge on any atom is -0.493 e. The monoisotopic (exact) mass is 469 g/mol. The Bertz CT molecular complexity index is 958. The number of para-hydroxylation sites is 2. The Kier molecular flexibility index (Phi) is 7.29. The highest BCUT2D eigenvalue weighted by Crippen LogP contribution is 2.37. The van der Waals surface area contributed by atoms with Crippen LogP contribution in [0.3, 0.4) is 0 Å². The highest BCUT2D eigenvalue weighted by Gasteiger charge is 2.28. The van der Waals surface area contributed by atoms with Gasteiger partial charge in [0.15, 0.2) is 17.2 Å². The fourth-order valence-electron chi connectivity index (χ4n) is 2.53. The second kappa shape index (κ2) is 9.71. The van der Waals surface area contributed by atoms with Crippen LogP contribution >= 0.6 is 47.2 Å². The number of likely N-dealkylation sites (N-methyl/N-ethyl adjacent to an activating group) is 1. The molecule has 0 bridgehead atoms. The van der Waals surface area contributed by atoms with Gasteiger partial charge in [0.1, 0.15) is 17.5 Å². The molecule has 1 saturated heterocycles. The van der Waals surface area contributed by atoms with Crippen molar-refractivity contribution in [3.05, 3.63) is 56.9 Å². The first-order valence-corrected chi connectivity index (χ1v) is 10.5. The Morgan fingerprint density at radius 3 is 2.31 bits per heavy atom. The third-order valence-electron chi connectivity index (χ3n) is 3.96. The zero-order valence-electron chi connectivity index (χ0n) is 15.6. The van der Waals surface area contributed by atoms with Gasteiger partial charge in [-0.25, -0.2) is 0 Å². The van der Waals surface area contributed by atoms with Crippen molar-refractivity contribution in [3.63, 3.8) is 0 Å². The molecule has 5 nitrogen and oxygen atoms in total. The number of carbonyl (C=O) groups excluding carboxylic acids is 1. The fourth-order valence-corrected chi connectivity index (χ4v) is 4.32. The maximum atomic E-state index is 12.1. The van der Waals surface area contributed by atoms with Crippen LogP contribution in [0.5, 0.6) is 17.2 Å². The second-order valence-electron chi connectivity index (χ2n) is 5.90. The molecule has 0 aromatic heterocycles. The van der Waals surface area contributed by atoms with E-state index in [1.54, 1.807) is 32.4 Å². The van der Waals surface area contributed by atoms with Crippen molar-refractivity contribution >= 4 is 63.5 Å². The SMILES string of the molecule is COc1ccccc1OCCOc1c(Cl)cc(/C=C2\SC(=S)N(C)C2=O)cc1Cl. The number of methoxy groups -OCH3 is 1. The van der Waals surface area contributed by atoms with Gasteiger partial charge in [-0.2, -0.15) is 0 Å². The maximum absolute atomic E-state index is 12.1. The number of ether oxygens (including phenoxy) is 3. The first kappa shape index (κ1) is 21.8. The molecule has 0 atom stereocenters. The Morgan fingerprint density at radius 1 is 1.10 bits per heavy atom. The van der Waals surface area contributed by atoms with Crippen LogP contribution in [0.4, 0.5) is 0 Å². The smallest absolute Gasteiger partial charge is 0.265 e. The van der Waals surface area contributed by atoms with E-state index in [2.05, 4.69) is 0 Å². The average molecular weight is 470 g/mol. The van der Waals surface area contributed by atoms with Crippen LogP contribution in [0, 0.1) is 0 Å². The summed E-state index contributed by atoms with van der Waals surface area (Å²) in [5, 5.41) is 0.682. The molecule has 0 N–H and O–H groups in total. The molecule has 9 heteroatoms. The van der Waals surface area contributed by atoms with Gasteiger partial charge >= 0.3 is 0 Å². The molecule has 3 rings (SSSR count). The van der Waals surface area contributed by atoms with E-state index in [-0.39, 0.29) is 19.1 Å². The third kappa shape index (κ3) is 5.17. The summed E-state index contributed by atoms with van der Waals surface area (Å²) < 4.78 is 17.1.